The van der Waals surface area contributed by atoms with Gasteiger partial charge >= 0.3 is 12.4 Å². The first-order chi connectivity index (χ1) is 13.6. The summed E-state index contributed by atoms with van der Waals surface area (Å²) >= 11 is 0. The van der Waals surface area contributed by atoms with Crippen LogP contribution in [0.1, 0.15) is 19.8 Å². The minimum Gasteiger partial charge on any atom is -0.404 e. The summed E-state index contributed by atoms with van der Waals surface area (Å²) in [6, 6.07) is 5.29. The number of hydrogen-bond donors (Lipinski definition) is 2. The van der Waals surface area contributed by atoms with Crippen molar-refractivity contribution in [1.82, 2.24) is 15.5 Å². The second-order valence-electron chi connectivity index (χ2n) is 7.12. The zero-order chi connectivity index (χ0) is 21.2. The molecule has 0 radical (unpaired) electrons. The number of ether oxygens (including phenoxy) is 1. The molecule has 4 amide bonds. The van der Waals surface area contributed by atoms with Crippen molar-refractivity contribution >= 4 is 23.5 Å². The van der Waals surface area contributed by atoms with Crippen LogP contribution >= 0.6 is 0 Å². The first-order valence-corrected chi connectivity index (χ1v) is 9.08. The number of imide groups is 1. The number of halogens is 3. The molecule has 2 N–H and O–H groups in total. The first kappa shape index (κ1) is 20.7. The van der Waals surface area contributed by atoms with E-state index in [1.807, 2.05) is 0 Å². The van der Waals surface area contributed by atoms with Gasteiger partial charge in [0.25, 0.3) is 5.91 Å². The number of rotatable bonds is 5. The minimum atomic E-state index is -4.79. The predicted octanol–water partition coefficient (Wildman–Crippen LogP) is 1.61. The highest BCUT2D eigenvalue weighted by molar-refractivity contribution is 6.06. The third-order valence-electron chi connectivity index (χ3n) is 5.02. The zero-order valence-corrected chi connectivity index (χ0v) is 15.7. The summed E-state index contributed by atoms with van der Waals surface area (Å²) in [6.07, 6.45) is -4.56. The number of hydrogen-bond acceptors (Lipinski definition) is 5. The lowest BCUT2D eigenvalue weighted by Crippen LogP contribution is -2.50. The summed E-state index contributed by atoms with van der Waals surface area (Å²) in [4.78, 5) is 38.9. The highest BCUT2D eigenvalue weighted by Crippen LogP contribution is 2.33. The molecule has 0 saturated carbocycles. The van der Waals surface area contributed by atoms with Gasteiger partial charge in [0.15, 0.2) is 5.75 Å². The SMILES string of the molecule is CC1(CCC(=O)N2CCN(c3ccccc3OC(F)(F)F)CC2)NC(=O)NC1=O. The number of carbonyl (C=O) groups is 3. The van der Waals surface area contributed by atoms with E-state index in [1.165, 1.54) is 12.1 Å². The van der Waals surface area contributed by atoms with Crippen LogP contribution in [0.5, 0.6) is 5.75 Å². The van der Waals surface area contributed by atoms with E-state index in [2.05, 4.69) is 15.4 Å². The molecule has 2 fully saturated rings. The van der Waals surface area contributed by atoms with E-state index in [9.17, 15) is 27.6 Å². The van der Waals surface area contributed by atoms with Crippen molar-refractivity contribution in [1.29, 1.82) is 0 Å². The Hall–Kier alpha value is -2.98. The van der Waals surface area contributed by atoms with Crippen molar-refractivity contribution in [2.24, 2.45) is 0 Å². The molecule has 2 saturated heterocycles. The molecule has 0 aliphatic carbocycles. The lowest BCUT2D eigenvalue weighted by Gasteiger charge is -2.37. The summed E-state index contributed by atoms with van der Waals surface area (Å²) in [6.45, 7) is 2.90. The van der Waals surface area contributed by atoms with Crippen molar-refractivity contribution in [3.05, 3.63) is 24.3 Å². The Kier molecular flexibility index (Phi) is 5.58. The van der Waals surface area contributed by atoms with Gasteiger partial charge in [-0.15, -0.1) is 13.2 Å². The van der Waals surface area contributed by atoms with Gasteiger partial charge < -0.3 is 19.9 Å². The summed E-state index contributed by atoms with van der Waals surface area (Å²) in [5, 5.41) is 4.65. The molecule has 158 valence electrons. The molecule has 1 atom stereocenters. The van der Waals surface area contributed by atoms with Gasteiger partial charge in [-0.3, -0.25) is 14.9 Å². The van der Waals surface area contributed by atoms with Gasteiger partial charge in [0.05, 0.1) is 5.69 Å². The Morgan fingerprint density at radius 3 is 2.41 bits per heavy atom. The van der Waals surface area contributed by atoms with Crippen LogP contribution in [0.4, 0.5) is 23.7 Å². The van der Waals surface area contributed by atoms with Gasteiger partial charge in [-0.25, -0.2) is 4.79 Å². The normalized spacial score (nSPS) is 22.3. The average Bonchev–Trinajstić information content (AvgIpc) is 2.91. The molecule has 0 bridgehead atoms. The second kappa shape index (κ2) is 7.80. The van der Waals surface area contributed by atoms with Crippen LogP contribution in [0, 0.1) is 0 Å². The van der Waals surface area contributed by atoms with Crippen LogP contribution in [0.25, 0.3) is 0 Å². The number of amides is 4. The van der Waals surface area contributed by atoms with Gasteiger partial charge in [0, 0.05) is 32.6 Å². The maximum atomic E-state index is 12.6. The number of benzene rings is 1. The number of alkyl halides is 3. The number of nitrogens with zero attached hydrogens (tertiary/aromatic N) is 2. The number of urea groups is 1. The molecule has 0 spiro atoms. The second-order valence-corrected chi connectivity index (χ2v) is 7.12. The maximum absolute atomic E-state index is 12.6. The Balaban J connectivity index is 1.55. The van der Waals surface area contributed by atoms with E-state index in [1.54, 1.807) is 28.9 Å². The molecule has 2 heterocycles. The number of carbonyl (C=O) groups excluding carboxylic acids is 3. The molecule has 2 aliphatic heterocycles. The molecular weight excluding hydrogens is 393 g/mol. The molecule has 1 aromatic carbocycles. The molecule has 1 unspecified atom stereocenters. The zero-order valence-electron chi connectivity index (χ0n) is 15.7. The fraction of sp³-hybridized carbons (Fsp3) is 0.500. The van der Waals surface area contributed by atoms with Crippen LogP contribution in [0.2, 0.25) is 0 Å². The van der Waals surface area contributed by atoms with Crippen LogP contribution < -0.4 is 20.3 Å². The third kappa shape index (κ3) is 4.90. The topological polar surface area (TPSA) is 91.0 Å². The average molecular weight is 414 g/mol. The predicted molar refractivity (Wildman–Crippen MR) is 96.2 cm³/mol. The van der Waals surface area contributed by atoms with E-state index < -0.39 is 23.8 Å². The van der Waals surface area contributed by atoms with E-state index in [-0.39, 0.29) is 24.5 Å². The molecule has 29 heavy (non-hydrogen) atoms. The Morgan fingerprint density at radius 1 is 1.17 bits per heavy atom. The van der Waals surface area contributed by atoms with E-state index >= 15 is 0 Å². The van der Waals surface area contributed by atoms with Gasteiger partial charge in [0.1, 0.15) is 5.54 Å². The number of piperazine rings is 1. The molecule has 2 aliphatic rings. The smallest absolute Gasteiger partial charge is 0.404 e. The third-order valence-corrected chi connectivity index (χ3v) is 5.02. The molecule has 8 nitrogen and oxygen atoms in total. The Bertz CT molecular complexity index is 809. The van der Waals surface area contributed by atoms with Crippen molar-refractivity contribution < 1.29 is 32.3 Å². The van der Waals surface area contributed by atoms with Crippen LogP contribution in [0.15, 0.2) is 24.3 Å². The van der Waals surface area contributed by atoms with Crippen LogP contribution in [-0.4, -0.2) is 60.8 Å². The number of nitrogens with one attached hydrogen (secondary N) is 2. The van der Waals surface area contributed by atoms with Gasteiger partial charge in [-0.05, 0) is 25.5 Å². The summed E-state index contributed by atoms with van der Waals surface area (Å²) < 4.78 is 41.9. The number of anilines is 1. The van der Waals surface area contributed by atoms with Crippen LogP contribution in [0.3, 0.4) is 0 Å². The Labute approximate surface area is 165 Å². The van der Waals surface area contributed by atoms with E-state index in [0.29, 0.717) is 31.9 Å². The van der Waals surface area contributed by atoms with Gasteiger partial charge in [0.2, 0.25) is 5.91 Å². The summed E-state index contributed by atoms with van der Waals surface area (Å²) in [7, 11) is 0. The van der Waals surface area contributed by atoms with E-state index in [0.717, 1.165) is 0 Å². The van der Waals surface area contributed by atoms with Crippen molar-refractivity contribution in [3.8, 4) is 5.75 Å². The molecule has 1 aromatic rings. The highest BCUT2D eigenvalue weighted by Gasteiger charge is 2.42. The monoisotopic (exact) mass is 414 g/mol. The number of para-hydroxylation sites is 2. The molecular formula is C18H21F3N4O4. The Morgan fingerprint density at radius 2 is 1.83 bits per heavy atom. The fourth-order valence-electron chi connectivity index (χ4n) is 3.40. The van der Waals surface area contributed by atoms with Crippen molar-refractivity contribution in [3.63, 3.8) is 0 Å². The molecule has 11 heteroatoms. The summed E-state index contributed by atoms with van der Waals surface area (Å²) in [5.41, 5.74) is -0.808. The lowest BCUT2D eigenvalue weighted by molar-refractivity contribution is -0.274. The lowest BCUT2D eigenvalue weighted by atomic mass is 9.96. The maximum Gasteiger partial charge on any atom is 0.573 e. The quantitative estimate of drug-likeness (QED) is 0.715. The molecule has 0 aromatic heterocycles. The largest absolute Gasteiger partial charge is 0.573 e. The standard InChI is InChI=1S/C18H21F3N4O4/c1-17(15(27)22-16(28)23-17)7-6-14(26)25-10-8-24(9-11-25)12-4-2-3-5-13(12)29-18(19,20)21/h2-5H,6-11H2,1H3,(H2,22,23,27,28). The van der Waals surface area contributed by atoms with E-state index in [4.69, 9.17) is 0 Å². The fourth-order valence-corrected chi connectivity index (χ4v) is 3.40. The van der Waals surface area contributed by atoms with Gasteiger partial charge in [-0.2, -0.15) is 0 Å². The molecule has 3 rings (SSSR count). The first-order valence-electron chi connectivity index (χ1n) is 9.08. The minimum absolute atomic E-state index is 0.0674. The van der Waals surface area contributed by atoms with Crippen molar-refractivity contribution in [2.75, 3.05) is 31.1 Å². The van der Waals surface area contributed by atoms with Crippen molar-refractivity contribution in [2.45, 2.75) is 31.7 Å². The van der Waals surface area contributed by atoms with Gasteiger partial charge in [-0.1, -0.05) is 12.1 Å². The van der Waals surface area contributed by atoms with Crippen LogP contribution in [-0.2, 0) is 9.59 Å². The highest BCUT2D eigenvalue weighted by atomic mass is 19.4. The summed E-state index contributed by atoms with van der Waals surface area (Å²) in [5.74, 6) is -0.934.